The number of carbonyl (C=O) groups is 1. The number of anilines is 1. The Morgan fingerprint density at radius 3 is 2.23 bits per heavy atom. The van der Waals surface area contributed by atoms with Gasteiger partial charge < -0.3 is 9.80 Å². The molecule has 0 aliphatic carbocycles. The third kappa shape index (κ3) is 6.09. The van der Waals surface area contributed by atoms with E-state index in [1.807, 2.05) is 12.2 Å². The van der Waals surface area contributed by atoms with Gasteiger partial charge in [-0.3, -0.25) is 9.69 Å². The van der Waals surface area contributed by atoms with Crippen LogP contribution in [0.4, 0.5) is 5.69 Å². The molecular weight excluding hydrogens is 370 g/mol. The third-order valence-electron chi connectivity index (χ3n) is 6.47. The Kier molecular flexibility index (Phi) is 7.92. The molecule has 0 saturated carbocycles. The van der Waals surface area contributed by atoms with E-state index in [1.165, 1.54) is 49.4 Å². The zero-order valence-electron chi connectivity index (χ0n) is 18.9. The van der Waals surface area contributed by atoms with E-state index in [2.05, 4.69) is 65.5 Å². The van der Waals surface area contributed by atoms with Gasteiger partial charge in [0.25, 0.3) is 0 Å². The average Bonchev–Trinajstić information content (AvgIpc) is 2.76. The van der Waals surface area contributed by atoms with Crippen LogP contribution in [0.25, 0.3) is 0 Å². The van der Waals surface area contributed by atoms with Gasteiger partial charge in [-0.15, -0.1) is 0 Å². The Bertz CT molecular complexity index is 777. The SMILES string of the molecule is C=C(/C=C\C(=C/C)N1CCN(CC2CCN(c3ccc(C)cc3)CC2)CC1)C(C)=O. The summed E-state index contributed by atoms with van der Waals surface area (Å²) >= 11 is 0. The van der Waals surface area contributed by atoms with Gasteiger partial charge in [0, 0.05) is 62.8 Å². The zero-order chi connectivity index (χ0) is 21.5. The highest BCUT2D eigenvalue weighted by atomic mass is 16.1. The van der Waals surface area contributed by atoms with Crippen LogP contribution in [0.2, 0.25) is 0 Å². The normalized spacial score (nSPS) is 19.5. The highest BCUT2D eigenvalue weighted by Crippen LogP contribution is 2.25. The van der Waals surface area contributed by atoms with Gasteiger partial charge in [0.05, 0.1) is 0 Å². The van der Waals surface area contributed by atoms with Crippen LogP contribution < -0.4 is 4.90 Å². The maximum atomic E-state index is 11.4. The molecule has 1 aromatic carbocycles. The first-order valence-electron chi connectivity index (χ1n) is 11.3. The minimum Gasteiger partial charge on any atom is -0.372 e. The molecule has 30 heavy (non-hydrogen) atoms. The second kappa shape index (κ2) is 10.6. The molecule has 0 atom stereocenters. The van der Waals surface area contributed by atoms with Gasteiger partial charge in [0.1, 0.15) is 0 Å². The maximum absolute atomic E-state index is 11.4. The summed E-state index contributed by atoms with van der Waals surface area (Å²) in [5.41, 5.74) is 4.44. The van der Waals surface area contributed by atoms with Crippen molar-refractivity contribution in [2.45, 2.75) is 33.6 Å². The first-order chi connectivity index (χ1) is 14.5. The summed E-state index contributed by atoms with van der Waals surface area (Å²) in [6, 6.07) is 8.94. The van der Waals surface area contributed by atoms with Gasteiger partial charge >= 0.3 is 0 Å². The Morgan fingerprint density at radius 1 is 1.03 bits per heavy atom. The Morgan fingerprint density at radius 2 is 1.67 bits per heavy atom. The summed E-state index contributed by atoms with van der Waals surface area (Å²) in [4.78, 5) is 19.0. The third-order valence-corrected chi connectivity index (χ3v) is 6.47. The number of hydrogen-bond acceptors (Lipinski definition) is 4. The number of rotatable bonds is 7. The number of ketones is 1. The van der Waals surface area contributed by atoms with Gasteiger partial charge in [0.2, 0.25) is 0 Å². The maximum Gasteiger partial charge on any atom is 0.159 e. The van der Waals surface area contributed by atoms with Gasteiger partial charge in [-0.1, -0.05) is 30.4 Å². The Balaban J connectivity index is 1.42. The number of carbonyl (C=O) groups excluding carboxylic acids is 1. The summed E-state index contributed by atoms with van der Waals surface area (Å²) in [5.74, 6) is 0.832. The molecular formula is C26H37N3O. The molecule has 0 unspecified atom stereocenters. The molecule has 2 saturated heterocycles. The van der Waals surface area contributed by atoms with Gasteiger partial charge in [0.15, 0.2) is 5.78 Å². The molecule has 2 aliphatic heterocycles. The van der Waals surface area contributed by atoms with Crippen LogP contribution >= 0.6 is 0 Å². The molecule has 0 spiro atoms. The van der Waals surface area contributed by atoms with Crippen molar-refractivity contribution in [2.24, 2.45) is 5.92 Å². The Hall–Kier alpha value is -2.33. The lowest BCUT2D eigenvalue weighted by molar-refractivity contribution is -0.113. The number of piperazine rings is 1. The molecule has 3 rings (SSSR count). The van der Waals surface area contributed by atoms with Crippen molar-refractivity contribution >= 4 is 11.5 Å². The highest BCUT2D eigenvalue weighted by molar-refractivity contribution is 5.95. The number of benzene rings is 1. The fourth-order valence-corrected chi connectivity index (χ4v) is 4.37. The lowest BCUT2D eigenvalue weighted by atomic mass is 9.95. The van der Waals surface area contributed by atoms with Crippen molar-refractivity contribution in [1.82, 2.24) is 9.80 Å². The lowest BCUT2D eigenvalue weighted by Crippen LogP contribution is -2.48. The summed E-state index contributed by atoms with van der Waals surface area (Å²) < 4.78 is 0. The summed E-state index contributed by atoms with van der Waals surface area (Å²) in [5, 5.41) is 0. The van der Waals surface area contributed by atoms with Crippen molar-refractivity contribution in [3.63, 3.8) is 0 Å². The predicted octanol–water partition coefficient (Wildman–Crippen LogP) is 4.43. The second-order valence-corrected chi connectivity index (χ2v) is 8.68. The fourth-order valence-electron chi connectivity index (χ4n) is 4.37. The molecule has 0 N–H and O–H groups in total. The monoisotopic (exact) mass is 407 g/mol. The standard InChI is InChI=1S/C26H37N3O/c1-5-25(11-8-22(3)23(4)30)29-18-16-27(17-19-29)20-24-12-14-28(15-13-24)26-9-6-21(2)7-10-26/h5-11,24H,3,12-20H2,1-2,4H3/b11-8-,25-5+. The van der Waals surface area contributed by atoms with E-state index in [9.17, 15) is 4.79 Å². The predicted molar refractivity (Wildman–Crippen MR) is 127 cm³/mol. The quantitative estimate of drug-likeness (QED) is 0.493. The van der Waals surface area contributed by atoms with E-state index in [1.54, 1.807) is 6.92 Å². The molecule has 0 aromatic heterocycles. The number of nitrogens with zero attached hydrogens (tertiary/aromatic N) is 3. The first kappa shape index (κ1) is 22.4. The van der Waals surface area contributed by atoms with Crippen LogP contribution in [0.3, 0.4) is 0 Å². The zero-order valence-corrected chi connectivity index (χ0v) is 18.9. The number of Topliss-reactive ketones (excluding diaryl/α,β-unsaturated/α-hetero) is 1. The van der Waals surface area contributed by atoms with E-state index in [0.29, 0.717) is 5.57 Å². The molecule has 1 aromatic rings. The number of piperidine rings is 1. The van der Waals surface area contributed by atoms with E-state index in [-0.39, 0.29) is 5.78 Å². The van der Waals surface area contributed by atoms with E-state index >= 15 is 0 Å². The van der Waals surface area contributed by atoms with E-state index in [0.717, 1.165) is 32.1 Å². The lowest BCUT2D eigenvalue weighted by Gasteiger charge is -2.40. The minimum absolute atomic E-state index is 0.0277. The Labute approximate surface area is 182 Å². The number of hydrogen-bond donors (Lipinski definition) is 0. The van der Waals surface area contributed by atoms with Crippen molar-refractivity contribution < 1.29 is 4.79 Å². The number of aryl methyl sites for hydroxylation is 1. The molecule has 2 fully saturated rings. The van der Waals surface area contributed by atoms with Crippen molar-refractivity contribution in [1.29, 1.82) is 0 Å². The number of allylic oxidation sites excluding steroid dienone is 4. The van der Waals surface area contributed by atoms with Crippen molar-refractivity contribution in [3.8, 4) is 0 Å². The highest BCUT2D eigenvalue weighted by Gasteiger charge is 2.24. The van der Waals surface area contributed by atoms with Gasteiger partial charge in [-0.05, 0) is 63.8 Å². The first-order valence-corrected chi connectivity index (χ1v) is 11.3. The summed E-state index contributed by atoms with van der Waals surface area (Å²) in [6.45, 7) is 17.4. The van der Waals surface area contributed by atoms with Crippen molar-refractivity contribution in [2.75, 3.05) is 50.7 Å². The van der Waals surface area contributed by atoms with Crippen LogP contribution in [0, 0.1) is 12.8 Å². The summed E-state index contributed by atoms with van der Waals surface area (Å²) in [6.07, 6.45) is 8.56. The average molecular weight is 408 g/mol. The fraction of sp³-hybridized carbons (Fsp3) is 0.500. The molecule has 2 aliphatic rings. The van der Waals surface area contributed by atoms with E-state index < -0.39 is 0 Å². The van der Waals surface area contributed by atoms with Gasteiger partial charge in [-0.25, -0.2) is 0 Å². The van der Waals surface area contributed by atoms with Gasteiger partial charge in [-0.2, -0.15) is 0 Å². The molecule has 162 valence electrons. The summed E-state index contributed by atoms with van der Waals surface area (Å²) in [7, 11) is 0. The second-order valence-electron chi connectivity index (χ2n) is 8.68. The molecule has 2 heterocycles. The molecule has 0 bridgehead atoms. The molecule has 4 nitrogen and oxygen atoms in total. The molecule has 0 amide bonds. The van der Waals surface area contributed by atoms with Crippen LogP contribution in [-0.2, 0) is 4.79 Å². The van der Waals surface area contributed by atoms with E-state index in [4.69, 9.17) is 0 Å². The van der Waals surface area contributed by atoms with Crippen LogP contribution in [-0.4, -0.2) is 61.4 Å². The molecule has 0 radical (unpaired) electrons. The van der Waals surface area contributed by atoms with Crippen molar-refractivity contribution in [3.05, 3.63) is 65.9 Å². The largest absolute Gasteiger partial charge is 0.372 e. The minimum atomic E-state index is 0.0277. The smallest absolute Gasteiger partial charge is 0.159 e. The van der Waals surface area contributed by atoms with Crippen LogP contribution in [0.5, 0.6) is 0 Å². The molecule has 4 heteroatoms. The van der Waals surface area contributed by atoms with Crippen LogP contribution in [0.15, 0.2) is 60.3 Å². The topological polar surface area (TPSA) is 26.8 Å². The van der Waals surface area contributed by atoms with Crippen LogP contribution in [0.1, 0.15) is 32.3 Å².